The van der Waals surface area contributed by atoms with E-state index in [4.69, 9.17) is 5.26 Å². The van der Waals surface area contributed by atoms with E-state index in [1.807, 2.05) is 6.92 Å². The molecule has 0 unspecified atom stereocenters. The molecule has 2 aromatic heterocycles. The number of aromatic nitrogens is 5. The minimum Gasteiger partial charge on any atom is -0.352 e. The fourth-order valence-electron chi connectivity index (χ4n) is 2.42. The number of rotatable bonds is 3. The molecule has 0 atom stereocenters. The summed E-state index contributed by atoms with van der Waals surface area (Å²) in [4.78, 5) is 17.1. The molecule has 21 heavy (non-hydrogen) atoms. The van der Waals surface area contributed by atoms with Gasteiger partial charge in [0.1, 0.15) is 11.9 Å². The SMILES string of the molecule is Cc1nc(CN2CCN(c3nccnc3C#N)CC2)n[nH]1. The number of hydrogen-bond acceptors (Lipinski definition) is 7. The average Bonchev–Trinajstić information content (AvgIpc) is 2.93. The lowest BCUT2D eigenvalue weighted by Crippen LogP contribution is -2.46. The molecule has 3 rings (SSSR count). The lowest BCUT2D eigenvalue weighted by molar-refractivity contribution is 0.243. The number of anilines is 1. The first-order valence-electron chi connectivity index (χ1n) is 6.82. The van der Waals surface area contributed by atoms with Gasteiger partial charge in [-0.1, -0.05) is 0 Å². The maximum Gasteiger partial charge on any atom is 0.183 e. The Hall–Kier alpha value is -2.53. The zero-order chi connectivity index (χ0) is 14.7. The van der Waals surface area contributed by atoms with E-state index in [-0.39, 0.29) is 0 Å². The molecule has 8 nitrogen and oxygen atoms in total. The standard InChI is InChI=1S/C13H16N8/c1-10-17-12(19-18-10)9-20-4-6-21(7-5-20)13-11(8-14)15-2-3-16-13/h2-3H,4-7,9H2,1H3,(H,17,18,19). The van der Waals surface area contributed by atoms with Crippen LogP contribution >= 0.6 is 0 Å². The minimum atomic E-state index is 0.385. The lowest BCUT2D eigenvalue weighted by atomic mass is 10.3. The normalized spacial score (nSPS) is 15.9. The highest BCUT2D eigenvalue weighted by Crippen LogP contribution is 2.16. The molecule has 1 aliphatic heterocycles. The Kier molecular flexibility index (Phi) is 3.75. The van der Waals surface area contributed by atoms with Gasteiger partial charge in [-0.2, -0.15) is 10.4 Å². The van der Waals surface area contributed by atoms with Crippen LogP contribution in [-0.2, 0) is 6.54 Å². The van der Waals surface area contributed by atoms with E-state index < -0.39 is 0 Å². The van der Waals surface area contributed by atoms with Crippen molar-refractivity contribution in [3.05, 3.63) is 29.7 Å². The number of aromatic amines is 1. The summed E-state index contributed by atoms with van der Waals surface area (Å²) in [6, 6.07) is 2.09. The lowest BCUT2D eigenvalue weighted by Gasteiger charge is -2.34. The van der Waals surface area contributed by atoms with Crippen molar-refractivity contribution in [2.24, 2.45) is 0 Å². The summed E-state index contributed by atoms with van der Waals surface area (Å²) in [6.45, 7) is 6.04. The predicted octanol–water partition coefficient (Wildman–Crippen LogP) is 0.0970. The number of hydrogen-bond donors (Lipinski definition) is 1. The second-order valence-corrected chi connectivity index (χ2v) is 4.94. The summed E-state index contributed by atoms with van der Waals surface area (Å²) in [7, 11) is 0. The molecular weight excluding hydrogens is 268 g/mol. The minimum absolute atomic E-state index is 0.385. The quantitative estimate of drug-likeness (QED) is 0.853. The van der Waals surface area contributed by atoms with E-state index in [2.05, 4.69) is 41.0 Å². The summed E-state index contributed by atoms with van der Waals surface area (Å²) in [5.74, 6) is 2.33. The number of nitrogens with one attached hydrogen (secondary N) is 1. The average molecular weight is 284 g/mol. The van der Waals surface area contributed by atoms with Crippen molar-refractivity contribution in [1.29, 1.82) is 5.26 Å². The molecule has 0 spiro atoms. The molecule has 0 bridgehead atoms. The topological polar surface area (TPSA) is 97.6 Å². The molecule has 0 aliphatic carbocycles. The van der Waals surface area contributed by atoms with Crippen LogP contribution in [0.15, 0.2) is 12.4 Å². The Morgan fingerprint density at radius 3 is 2.67 bits per heavy atom. The first-order chi connectivity index (χ1) is 10.3. The number of nitriles is 1. The van der Waals surface area contributed by atoms with Crippen molar-refractivity contribution in [3.63, 3.8) is 0 Å². The van der Waals surface area contributed by atoms with Gasteiger partial charge in [0, 0.05) is 38.6 Å². The summed E-state index contributed by atoms with van der Waals surface area (Å²) in [5.41, 5.74) is 0.385. The van der Waals surface area contributed by atoms with Gasteiger partial charge in [-0.15, -0.1) is 0 Å². The summed E-state index contributed by atoms with van der Waals surface area (Å²) < 4.78 is 0. The smallest absolute Gasteiger partial charge is 0.183 e. The number of nitrogens with zero attached hydrogens (tertiary/aromatic N) is 7. The van der Waals surface area contributed by atoms with Crippen LogP contribution < -0.4 is 4.90 Å². The maximum atomic E-state index is 9.09. The predicted molar refractivity (Wildman–Crippen MR) is 75.4 cm³/mol. The summed E-state index contributed by atoms with van der Waals surface area (Å²) >= 11 is 0. The molecule has 1 N–H and O–H groups in total. The van der Waals surface area contributed by atoms with Gasteiger partial charge in [-0.3, -0.25) is 10.00 Å². The van der Waals surface area contributed by atoms with Crippen LogP contribution in [0.2, 0.25) is 0 Å². The van der Waals surface area contributed by atoms with Crippen LogP contribution in [0.5, 0.6) is 0 Å². The van der Waals surface area contributed by atoms with Crippen molar-refractivity contribution in [2.75, 3.05) is 31.1 Å². The van der Waals surface area contributed by atoms with Gasteiger partial charge in [0.2, 0.25) is 0 Å². The van der Waals surface area contributed by atoms with E-state index in [0.717, 1.165) is 44.4 Å². The molecular formula is C13H16N8. The third-order valence-corrected chi connectivity index (χ3v) is 3.47. The molecule has 0 aromatic carbocycles. The van der Waals surface area contributed by atoms with Crippen molar-refractivity contribution in [2.45, 2.75) is 13.5 Å². The van der Waals surface area contributed by atoms with Gasteiger partial charge >= 0.3 is 0 Å². The third kappa shape index (κ3) is 2.98. The molecule has 108 valence electrons. The Balaban J connectivity index is 1.61. The highest BCUT2D eigenvalue weighted by Gasteiger charge is 2.21. The number of piperazine rings is 1. The Labute approximate surface area is 122 Å². The Bertz CT molecular complexity index is 650. The van der Waals surface area contributed by atoms with E-state index in [0.29, 0.717) is 11.5 Å². The van der Waals surface area contributed by atoms with Crippen LogP contribution in [0, 0.1) is 18.3 Å². The van der Waals surface area contributed by atoms with Crippen LogP contribution in [0.25, 0.3) is 0 Å². The molecule has 3 heterocycles. The van der Waals surface area contributed by atoms with Crippen molar-refractivity contribution in [1.82, 2.24) is 30.0 Å². The van der Waals surface area contributed by atoms with Crippen molar-refractivity contribution < 1.29 is 0 Å². The zero-order valence-electron chi connectivity index (χ0n) is 11.8. The van der Waals surface area contributed by atoms with E-state index in [9.17, 15) is 0 Å². The fraction of sp³-hybridized carbons (Fsp3) is 0.462. The zero-order valence-corrected chi connectivity index (χ0v) is 11.8. The highest BCUT2D eigenvalue weighted by molar-refractivity contribution is 5.49. The molecule has 0 amide bonds. The van der Waals surface area contributed by atoms with Gasteiger partial charge in [0.05, 0.1) is 6.54 Å². The van der Waals surface area contributed by atoms with Crippen LogP contribution in [0.4, 0.5) is 5.82 Å². The molecule has 2 aromatic rings. The maximum absolute atomic E-state index is 9.09. The van der Waals surface area contributed by atoms with Crippen molar-refractivity contribution in [3.8, 4) is 6.07 Å². The fourth-order valence-corrected chi connectivity index (χ4v) is 2.42. The van der Waals surface area contributed by atoms with E-state index in [1.165, 1.54) is 0 Å². The first kappa shape index (κ1) is 13.5. The van der Waals surface area contributed by atoms with Crippen molar-refractivity contribution >= 4 is 5.82 Å². The monoisotopic (exact) mass is 284 g/mol. The van der Waals surface area contributed by atoms with E-state index >= 15 is 0 Å². The third-order valence-electron chi connectivity index (χ3n) is 3.47. The number of aryl methyl sites for hydroxylation is 1. The molecule has 8 heteroatoms. The van der Waals surface area contributed by atoms with Crippen LogP contribution in [0.3, 0.4) is 0 Å². The second-order valence-electron chi connectivity index (χ2n) is 4.94. The molecule has 0 radical (unpaired) electrons. The Morgan fingerprint density at radius 1 is 1.24 bits per heavy atom. The molecule has 0 saturated carbocycles. The van der Waals surface area contributed by atoms with Gasteiger partial charge in [0.15, 0.2) is 17.3 Å². The highest BCUT2D eigenvalue weighted by atomic mass is 15.3. The molecule has 1 saturated heterocycles. The molecule has 1 fully saturated rings. The second kappa shape index (κ2) is 5.85. The van der Waals surface area contributed by atoms with E-state index in [1.54, 1.807) is 12.4 Å². The van der Waals surface area contributed by atoms with Gasteiger partial charge in [0.25, 0.3) is 0 Å². The summed E-state index contributed by atoms with van der Waals surface area (Å²) in [6.07, 6.45) is 3.17. The Morgan fingerprint density at radius 2 is 2.00 bits per heavy atom. The largest absolute Gasteiger partial charge is 0.352 e. The number of H-pyrrole nitrogens is 1. The summed E-state index contributed by atoms with van der Waals surface area (Å²) in [5, 5.41) is 16.1. The van der Waals surface area contributed by atoms with Gasteiger partial charge in [-0.25, -0.2) is 15.0 Å². The first-order valence-corrected chi connectivity index (χ1v) is 6.82. The van der Waals surface area contributed by atoms with Crippen LogP contribution in [0.1, 0.15) is 17.3 Å². The van der Waals surface area contributed by atoms with Gasteiger partial charge < -0.3 is 4.90 Å². The van der Waals surface area contributed by atoms with Crippen LogP contribution in [-0.4, -0.2) is 56.2 Å². The molecule has 1 aliphatic rings. The van der Waals surface area contributed by atoms with Gasteiger partial charge in [-0.05, 0) is 6.92 Å².